The molecule has 1 fully saturated rings. The predicted molar refractivity (Wildman–Crippen MR) is 64.3 cm³/mol. The minimum atomic E-state index is -3.50. The summed E-state index contributed by atoms with van der Waals surface area (Å²) in [4.78, 5) is 10.9. The molecule has 0 aliphatic carbocycles. The molecule has 0 aromatic carbocycles. The van der Waals surface area contributed by atoms with Gasteiger partial charge in [-0.3, -0.25) is 0 Å². The van der Waals surface area contributed by atoms with Gasteiger partial charge in [-0.05, 0) is 19.8 Å². The van der Waals surface area contributed by atoms with Gasteiger partial charge in [-0.2, -0.15) is 4.31 Å². The van der Waals surface area contributed by atoms with Crippen molar-refractivity contribution in [1.29, 1.82) is 0 Å². The molecule has 1 saturated heterocycles. The summed E-state index contributed by atoms with van der Waals surface area (Å²) in [5.74, 6) is 0.361. The first-order valence-electron chi connectivity index (χ1n) is 5.90. The Morgan fingerprint density at radius 3 is 2.94 bits per heavy atom. The van der Waals surface area contributed by atoms with Crippen molar-refractivity contribution < 1.29 is 17.7 Å². The Balaban J connectivity index is 2.16. The van der Waals surface area contributed by atoms with Crippen LogP contribution >= 0.6 is 0 Å². The van der Waals surface area contributed by atoms with E-state index < -0.39 is 16.1 Å². The van der Waals surface area contributed by atoms with Crippen molar-refractivity contribution >= 4 is 16.3 Å². The lowest BCUT2D eigenvalue weighted by atomic mass is 10.1. The van der Waals surface area contributed by atoms with Gasteiger partial charge in [0.25, 0.3) is 0 Å². The highest BCUT2D eigenvalue weighted by Crippen LogP contribution is 2.21. The Hall–Kier alpha value is -1.21. The summed E-state index contributed by atoms with van der Waals surface area (Å²) < 4.78 is 30.6. The second-order valence-electron chi connectivity index (χ2n) is 4.50. The van der Waals surface area contributed by atoms with Crippen LogP contribution in [0.3, 0.4) is 0 Å². The van der Waals surface area contributed by atoms with Crippen LogP contribution in [0, 0.1) is 6.92 Å². The summed E-state index contributed by atoms with van der Waals surface area (Å²) in [6, 6.07) is 1.06. The molecular formula is C11H16N2O4S. The van der Waals surface area contributed by atoms with E-state index >= 15 is 0 Å². The van der Waals surface area contributed by atoms with Crippen LogP contribution in [0.4, 0.5) is 0 Å². The highest BCUT2D eigenvalue weighted by molar-refractivity contribution is 7.88. The van der Waals surface area contributed by atoms with Crippen molar-refractivity contribution in [2.24, 2.45) is 0 Å². The van der Waals surface area contributed by atoms with Gasteiger partial charge in [0.05, 0.1) is 6.04 Å². The summed E-state index contributed by atoms with van der Waals surface area (Å²) in [5.41, 5.74) is 0.378. The lowest BCUT2D eigenvalue weighted by Gasteiger charge is -2.30. The quantitative estimate of drug-likeness (QED) is 0.760. The largest absolute Gasteiger partial charge is 0.361 e. The van der Waals surface area contributed by atoms with Gasteiger partial charge < -0.3 is 9.32 Å². The highest BCUT2D eigenvalue weighted by atomic mass is 32.2. The van der Waals surface area contributed by atoms with Crippen LogP contribution < -0.4 is 0 Å². The molecule has 7 heteroatoms. The second-order valence-corrected chi connectivity index (χ2v) is 6.42. The zero-order valence-corrected chi connectivity index (χ0v) is 11.0. The number of nitrogens with zero attached hydrogens (tertiary/aromatic N) is 2. The fourth-order valence-corrected chi connectivity index (χ4v) is 3.82. The van der Waals surface area contributed by atoms with Gasteiger partial charge >= 0.3 is 0 Å². The third-order valence-electron chi connectivity index (χ3n) is 3.02. The first-order valence-corrected chi connectivity index (χ1v) is 7.51. The SMILES string of the molecule is Cc1cc(CS(=O)(=O)N2CCCCC2C=O)no1. The van der Waals surface area contributed by atoms with Crippen LogP contribution in [0.1, 0.15) is 30.7 Å². The Labute approximate surface area is 106 Å². The fourth-order valence-electron chi connectivity index (χ4n) is 2.17. The van der Waals surface area contributed by atoms with Crippen LogP contribution in [0.15, 0.2) is 10.6 Å². The molecule has 2 rings (SSSR count). The van der Waals surface area contributed by atoms with Crippen molar-refractivity contribution in [3.63, 3.8) is 0 Å². The predicted octanol–water partition coefficient (Wildman–Crippen LogP) is 0.866. The van der Waals surface area contributed by atoms with Gasteiger partial charge in [0.15, 0.2) is 0 Å². The molecule has 0 N–H and O–H groups in total. The Kier molecular flexibility index (Phi) is 3.82. The van der Waals surface area contributed by atoms with Gasteiger partial charge in [-0.15, -0.1) is 0 Å². The number of aryl methyl sites for hydroxylation is 1. The van der Waals surface area contributed by atoms with Crippen molar-refractivity contribution in [2.75, 3.05) is 6.54 Å². The van der Waals surface area contributed by atoms with Gasteiger partial charge in [0.1, 0.15) is 23.5 Å². The zero-order valence-electron chi connectivity index (χ0n) is 10.2. The summed E-state index contributed by atoms with van der Waals surface area (Å²) in [5, 5.41) is 3.68. The number of rotatable bonds is 4. The lowest BCUT2D eigenvalue weighted by molar-refractivity contribution is -0.111. The standard InChI is InChI=1S/C11H16N2O4S/c1-9-6-10(12-17-9)8-18(15,16)13-5-3-2-4-11(13)7-14/h6-7,11H,2-5,8H2,1H3. The summed E-state index contributed by atoms with van der Waals surface area (Å²) in [6.07, 6.45) is 2.99. The van der Waals surface area contributed by atoms with E-state index in [1.165, 1.54) is 4.31 Å². The normalized spacial score (nSPS) is 21.9. The highest BCUT2D eigenvalue weighted by Gasteiger charge is 2.32. The van der Waals surface area contributed by atoms with E-state index in [2.05, 4.69) is 5.16 Å². The fraction of sp³-hybridized carbons (Fsp3) is 0.636. The second kappa shape index (κ2) is 5.19. The lowest BCUT2D eigenvalue weighted by Crippen LogP contribution is -2.45. The molecular weight excluding hydrogens is 256 g/mol. The summed E-state index contributed by atoms with van der Waals surface area (Å²) in [7, 11) is -3.50. The van der Waals surface area contributed by atoms with E-state index in [0.29, 0.717) is 30.7 Å². The third-order valence-corrected chi connectivity index (χ3v) is 4.85. The molecule has 0 bridgehead atoms. The summed E-state index contributed by atoms with van der Waals surface area (Å²) in [6.45, 7) is 2.11. The molecule has 0 spiro atoms. The molecule has 100 valence electrons. The van der Waals surface area contributed by atoms with Crippen molar-refractivity contribution in [1.82, 2.24) is 9.46 Å². The molecule has 6 nitrogen and oxygen atoms in total. The van der Waals surface area contributed by atoms with Crippen LogP contribution in [0.5, 0.6) is 0 Å². The number of carbonyl (C=O) groups excluding carboxylic acids is 1. The number of sulfonamides is 1. The van der Waals surface area contributed by atoms with Crippen molar-refractivity contribution in [2.45, 2.75) is 38.0 Å². The van der Waals surface area contributed by atoms with Crippen molar-refractivity contribution in [3.05, 3.63) is 17.5 Å². The molecule has 0 radical (unpaired) electrons. The maximum absolute atomic E-state index is 12.2. The molecule has 0 saturated carbocycles. The molecule has 2 heterocycles. The van der Waals surface area contributed by atoms with E-state index in [-0.39, 0.29) is 5.75 Å². The smallest absolute Gasteiger partial charge is 0.220 e. The van der Waals surface area contributed by atoms with Crippen LogP contribution in [0.2, 0.25) is 0 Å². The maximum atomic E-state index is 12.2. The average Bonchev–Trinajstić information content (AvgIpc) is 2.74. The topological polar surface area (TPSA) is 80.5 Å². The Bertz CT molecular complexity index is 523. The van der Waals surface area contributed by atoms with E-state index in [9.17, 15) is 13.2 Å². The minimum Gasteiger partial charge on any atom is -0.361 e. The molecule has 18 heavy (non-hydrogen) atoms. The monoisotopic (exact) mass is 272 g/mol. The molecule has 1 aromatic heterocycles. The van der Waals surface area contributed by atoms with Crippen LogP contribution in [-0.4, -0.2) is 36.8 Å². The Morgan fingerprint density at radius 1 is 1.56 bits per heavy atom. The Morgan fingerprint density at radius 2 is 2.33 bits per heavy atom. The number of hydrogen-bond donors (Lipinski definition) is 0. The minimum absolute atomic E-state index is 0.214. The number of aldehydes is 1. The molecule has 1 atom stereocenters. The molecule has 0 amide bonds. The van der Waals surface area contributed by atoms with Gasteiger partial charge in [-0.1, -0.05) is 11.6 Å². The average molecular weight is 272 g/mol. The number of aromatic nitrogens is 1. The number of hydrogen-bond acceptors (Lipinski definition) is 5. The van der Waals surface area contributed by atoms with E-state index in [1.54, 1.807) is 13.0 Å². The number of carbonyl (C=O) groups is 1. The first kappa shape index (κ1) is 13.2. The molecule has 1 unspecified atom stereocenters. The van der Waals surface area contributed by atoms with E-state index in [0.717, 1.165) is 12.8 Å². The zero-order chi connectivity index (χ0) is 13.2. The van der Waals surface area contributed by atoms with E-state index in [1.807, 2.05) is 0 Å². The van der Waals surface area contributed by atoms with Gasteiger partial charge in [-0.25, -0.2) is 8.42 Å². The molecule has 1 aliphatic rings. The number of piperidine rings is 1. The van der Waals surface area contributed by atoms with Crippen molar-refractivity contribution in [3.8, 4) is 0 Å². The van der Waals surface area contributed by atoms with Gasteiger partial charge in [0, 0.05) is 12.6 Å². The van der Waals surface area contributed by atoms with Gasteiger partial charge in [0.2, 0.25) is 10.0 Å². The molecule has 1 aliphatic heterocycles. The molecule has 1 aromatic rings. The first-order chi connectivity index (χ1) is 8.53. The van der Waals surface area contributed by atoms with Crippen LogP contribution in [0.25, 0.3) is 0 Å². The van der Waals surface area contributed by atoms with E-state index in [4.69, 9.17) is 4.52 Å². The maximum Gasteiger partial charge on any atom is 0.220 e. The third kappa shape index (κ3) is 2.78. The summed E-state index contributed by atoms with van der Waals surface area (Å²) >= 11 is 0. The van der Waals surface area contributed by atoms with Crippen LogP contribution in [-0.2, 0) is 20.6 Å².